The zero-order chi connectivity index (χ0) is 12.4. The van der Waals surface area contributed by atoms with Gasteiger partial charge in [-0.3, -0.25) is 4.21 Å². The number of rotatable bonds is 5. The lowest BCUT2D eigenvalue weighted by Gasteiger charge is -2.06. The van der Waals surface area contributed by atoms with E-state index in [-0.39, 0.29) is 5.56 Å². The third-order valence-corrected chi connectivity index (χ3v) is 4.76. The van der Waals surface area contributed by atoms with Crippen LogP contribution in [0, 0.1) is 5.92 Å². The molecule has 1 aliphatic carbocycles. The van der Waals surface area contributed by atoms with Crippen LogP contribution in [-0.4, -0.2) is 21.0 Å². The minimum absolute atomic E-state index is 0.141. The summed E-state index contributed by atoms with van der Waals surface area (Å²) in [5.41, 5.74) is 0.141. The Hall–Kier alpha value is -0.680. The van der Waals surface area contributed by atoms with Crippen LogP contribution in [-0.2, 0) is 10.8 Å². The van der Waals surface area contributed by atoms with E-state index in [0.29, 0.717) is 16.6 Å². The minimum atomic E-state index is -1.22. The van der Waals surface area contributed by atoms with Gasteiger partial charge in [0, 0.05) is 10.2 Å². The number of benzene rings is 1. The average Bonchev–Trinajstić information content (AvgIpc) is 3.09. The van der Waals surface area contributed by atoms with Gasteiger partial charge in [0.15, 0.2) is 0 Å². The Labute approximate surface area is 111 Å². The zero-order valence-corrected chi connectivity index (χ0v) is 11.6. The Balaban J connectivity index is 2.18. The van der Waals surface area contributed by atoms with Crippen molar-refractivity contribution in [2.45, 2.75) is 24.2 Å². The summed E-state index contributed by atoms with van der Waals surface area (Å²) in [7, 11) is -1.22. The van der Waals surface area contributed by atoms with Crippen LogP contribution in [0.4, 0.5) is 0 Å². The van der Waals surface area contributed by atoms with Crippen LogP contribution in [0.15, 0.2) is 27.6 Å². The number of carboxylic acids is 1. The van der Waals surface area contributed by atoms with Gasteiger partial charge in [0.25, 0.3) is 0 Å². The lowest BCUT2D eigenvalue weighted by atomic mass is 10.2. The van der Waals surface area contributed by atoms with Gasteiger partial charge in [0.2, 0.25) is 0 Å². The molecule has 1 aliphatic rings. The van der Waals surface area contributed by atoms with Gasteiger partial charge >= 0.3 is 5.97 Å². The second-order valence-electron chi connectivity index (χ2n) is 4.23. The standard InChI is InChI=1S/C12H13BrO3S/c13-9-3-4-10(12(14)15)11(7-9)17(16)6-5-8-1-2-8/h3-4,7-8H,1-2,5-6H2,(H,14,15). The van der Waals surface area contributed by atoms with Crippen molar-refractivity contribution in [3.63, 3.8) is 0 Å². The molecule has 1 unspecified atom stereocenters. The first-order valence-electron chi connectivity index (χ1n) is 5.49. The largest absolute Gasteiger partial charge is 0.478 e. The van der Waals surface area contributed by atoms with E-state index in [4.69, 9.17) is 5.11 Å². The van der Waals surface area contributed by atoms with E-state index in [2.05, 4.69) is 15.9 Å². The summed E-state index contributed by atoms with van der Waals surface area (Å²) in [4.78, 5) is 11.5. The normalized spacial score (nSPS) is 16.8. The number of carboxylic acid groups (broad SMARTS) is 1. The molecule has 0 bridgehead atoms. The van der Waals surface area contributed by atoms with Crippen molar-refractivity contribution < 1.29 is 14.1 Å². The highest BCUT2D eigenvalue weighted by Gasteiger charge is 2.23. The number of carbonyl (C=O) groups is 1. The molecule has 1 aromatic rings. The molecule has 1 aromatic carbocycles. The highest BCUT2D eigenvalue weighted by Crippen LogP contribution is 2.33. The Morgan fingerprint density at radius 3 is 2.76 bits per heavy atom. The fourth-order valence-corrected chi connectivity index (χ4v) is 3.59. The summed E-state index contributed by atoms with van der Waals surface area (Å²) in [5, 5.41) is 9.05. The maximum absolute atomic E-state index is 12.1. The summed E-state index contributed by atoms with van der Waals surface area (Å²) >= 11 is 3.28. The molecule has 92 valence electrons. The predicted octanol–water partition coefficient (Wildman–Crippen LogP) is 3.06. The van der Waals surface area contributed by atoms with Crippen LogP contribution < -0.4 is 0 Å². The second-order valence-corrected chi connectivity index (χ2v) is 6.68. The molecule has 0 aromatic heterocycles. The predicted molar refractivity (Wildman–Crippen MR) is 69.7 cm³/mol. The van der Waals surface area contributed by atoms with Crippen LogP contribution in [0.25, 0.3) is 0 Å². The lowest BCUT2D eigenvalue weighted by Crippen LogP contribution is -2.07. The van der Waals surface area contributed by atoms with E-state index in [1.165, 1.54) is 18.9 Å². The fraction of sp³-hybridized carbons (Fsp3) is 0.417. The lowest BCUT2D eigenvalue weighted by molar-refractivity contribution is 0.0693. The SMILES string of the molecule is O=C(O)c1ccc(Br)cc1S(=O)CCC1CC1. The number of aromatic carboxylic acids is 1. The van der Waals surface area contributed by atoms with Crippen LogP contribution in [0.5, 0.6) is 0 Å². The van der Waals surface area contributed by atoms with E-state index in [0.717, 1.165) is 10.9 Å². The number of hydrogen-bond donors (Lipinski definition) is 1. The Morgan fingerprint density at radius 1 is 1.47 bits per heavy atom. The zero-order valence-electron chi connectivity index (χ0n) is 9.19. The van der Waals surface area contributed by atoms with Crippen LogP contribution in [0.2, 0.25) is 0 Å². The van der Waals surface area contributed by atoms with Crippen molar-refractivity contribution >= 4 is 32.7 Å². The van der Waals surface area contributed by atoms with Crippen molar-refractivity contribution in [3.05, 3.63) is 28.2 Å². The molecule has 1 N–H and O–H groups in total. The van der Waals surface area contributed by atoms with Crippen molar-refractivity contribution in [2.75, 3.05) is 5.75 Å². The van der Waals surface area contributed by atoms with Gasteiger partial charge < -0.3 is 5.11 Å². The van der Waals surface area contributed by atoms with Crippen LogP contribution >= 0.6 is 15.9 Å². The molecule has 0 spiro atoms. The first kappa shape index (κ1) is 12.8. The quantitative estimate of drug-likeness (QED) is 0.908. The number of hydrogen-bond acceptors (Lipinski definition) is 2. The summed E-state index contributed by atoms with van der Waals surface area (Å²) in [6.07, 6.45) is 3.38. The highest BCUT2D eigenvalue weighted by atomic mass is 79.9. The maximum atomic E-state index is 12.1. The van der Waals surface area contributed by atoms with Gasteiger partial charge in [0.05, 0.1) is 21.3 Å². The number of halogens is 1. The van der Waals surface area contributed by atoms with E-state index < -0.39 is 16.8 Å². The van der Waals surface area contributed by atoms with Crippen molar-refractivity contribution in [2.24, 2.45) is 5.92 Å². The van der Waals surface area contributed by atoms with Crippen molar-refractivity contribution in [1.82, 2.24) is 0 Å². The summed E-state index contributed by atoms with van der Waals surface area (Å²) in [6.45, 7) is 0. The second kappa shape index (κ2) is 5.31. The third-order valence-electron chi connectivity index (χ3n) is 2.83. The van der Waals surface area contributed by atoms with Gasteiger partial charge in [-0.25, -0.2) is 4.79 Å². The topological polar surface area (TPSA) is 54.4 Å². The summed E-state index contributed by atoms with van der Waals surface area (Å²) in [5.74, 6) is 0.244. The molecule has 1 fully saturated rings. The van der Waals surface area contributed by atoms with E-state index >= 15 is 0 Å². The first-order valence-corrected chi connectivity index (χ1v) is 7.60. The molecule has 17 heavy (non-hydrogen) atoms. The monoisotopic (exact) mass is 316 g/mol. The molecular formula is C12H13BrO3S. The molecule has 3 nitrogen and oxygen atoms in total. The minimum Gasteiger partial charge on any atom is -0.478 e. The van der Waals surface area contributed by atoms with Gasteiger partial charge in [-0.2, -0.15) is 0 Å². The molecule has 0 amide bonds. The summed E-state index contributed by atoms with van der Waals surface area (Å²) < 4.78 is 12.8. The van der Waals surface area contributed by atoms with E-state index in [1.54, 1.807) is 12.1 Å². The smallest absolute Gasteiger partial charge is 0.336 e. The molecular weight excluding hydrogens is 304 g/mol. The Kier molecular flexibility index (Phi) is 3.99. The van der Waals surface area contributed by atoms with E-state index in [1.807, 2.05) is 0 Å². The van der Waals surface area contributed by atoms with Crippen molar-refractivity contribution in [3.8, 4) is 0 Å². The van der Waals surface area contributed by atoms with E-state index in [9.17, 15) is 9.00 Å². The molecule has 2 rings (SSSR count). The molecule has 1 atom stereocenters. The first-order chi connectivity index (χ1) is 8.08. The highest BCUT2D eigenvalue weighted by molar-refractivity contribution is 9.10. The molecule has 5 heteroatoms. The molecule has 0 aliphatic heterocycles. The van der Waals surface area contributed by atoms with Gasteiger partial charge in [-0.15, -0.1) is 0 Å². The molecule has 0 radical (unpaired) electrons. The van der Waals surface area contributed by atoms with Crippen LogP contribution in [0.1, 0.15) is 29.6 Å². The maximum Gasteiger partial charge on any atom is 0.336 e. The van der Waals surface area contributed by atoms with Crippen molar-refractivity contribution in [1.29, 1.82) is 0 Å². The van der Waals surface area contributed by atoms with Gasteiger partial charge in [-0.1, -0.05) is 28.8 Å². The van der Waals surface area contributed by atoms with Gasteiger partial charge in [-0.05, 0) is 30.5 Å². The average molecular weight is 317 g/mol. The van der Waals surface area contributed by atoms with Gasteiger partial charge in [0.1, 0.15) is 0 Å². The Morgan fingerprint density at radius 2 is 2.18 bits per heavy atom. The van der Waals surface area contributed by atoms with Crippen LogP contribution in [0.3, 0.4) is 0 Å². The molecule has 0 heterocycles. The molecule has 1 saturated carbocycles. The fourth-order valence-electron chi connectivity index (χ4n) is 1.65. The Bertz CT molecular complexity index is 469. The third kappa shape index (κ3) is 3.39. The summed E-state index contributed by atoms with van der Waals surface area (Å²) in [6, 6.07) is 4.80. The molecule has 0 saturated heterocycles.